The van der Waals surface area contributed by atoms with Crippen molar-refractivity contribution in [3.8, 4) is 0 Å². The average molecular weight is 267 g/mol. The van der Waals surface area contributed by atoms with Crippen LogP contribution in [0, 0.1) is 0 Å². The minimum Gasteiger partial charge on any atom is -0.469 e. The molecule has 0 amide bonds. The number of carbonyl (C=O) groups excluding carboxylic acids is 1. The maximum Gasteiger partial charge on any atom is 0.313 e. The minimum absolute atomic E-state index is 0.191. The predicted molar refractivity (Wildman–Crippen MR) is 76.8 cm³/mol. The van der Waals surface area contributed by atoms with Crippen molar-refractivity contribution in [3.63, 3.8) is 0 Å². The lowest BCUT2D eigenvalue weighted by Gasteiger charge is -2.20. The van der Waals surface area contributed by atoms with Crippen molar-refractivity contribution in [1.29, 1.82) is 0 Å². The van der Waals surface area contributed by atoms with Crippen molar-refractivity contribution in [3.05, 3.63) is 35.9 Å². The number of benzene rings is 1. The monoisotopic (exact) mass is 267 g/mol. The normalized spacial score (nSPS) is 13.1. The van der Waals surface area contributed by atoms with Gasteiger partial charge in [-0.3, -0.25) is 4.79 Å². The molecule has 0 aliphatic heterocycles. The summed E-state index contributed by atoms with van der Waals surface area (Å²) < 4.78 is 4.87. The number of methoxy groups -OCH3 is 1. The Morgan fingerprint density at radius 2 is 2.00 bits per heavy atom. The maximum atomic E-state index is 11.8. The molecular formula is C14H21NO2S. The topological polar surface area (TPSA) is 52.3 Å². The fourth-order valence-electron chi connectivity index (χ4n) is 1.57. The molecule has 3 nitrogen and oxygen atoms in total. The van der Waals surface area contributed by atoms with Crippen molar-refractivity contribution in [2.45, 2.75) is 25.3 Å². The summed E-state index contributed by atoms with van der Waals surface area (Å²) in [6, 6.07) is 9.71. The molecule has 0 heterocycles. The average Bonchev–Trinajstić information content (AvgIpc) is 2.33. The number of carbonyl (C=O) groups is 1. The lowest BCUT2D eigenvalue weighted by atomic mass is 10.0. The summed E-state index contributed by atoms with van der Waals surface area (Å²) in [7, 11) is 1.43. The van der Waals surface area contributed by atoms with Crippen molar-refractivity contribution in [2.75, 3.05) is 18.6 Å². The van der Waals surface area contributed by atoms with Gasteiger partial charge in [-0.05, 0) is 19.4 Å². The minimum atomic E-state index is -0.220. The molecule has 0 saturated heterocycles. The first-order valence-corrected chi connectivity index (χ1v) is 7.09. The summed E-state index contributed by atoms with van der Waals surface area (Å²) in [5.74, 6) is 1.09. The first-order valence-electron chi connectivity index (χ1n) is 5.93. The molecule has 0 fully saturated rings. The summed E-state index contributed by atoms with van der Waals surface area (Å²) >= 11 is 1.68. The first-order chi connectivity index (χ1) is 8.44. The SMILES string of the molecule is COC(=O)C(CSCC(C)(C)N)c1ccccc1. The van der Waals surface area contributed by atoms with Crippen LogP contribution >= 0.6 is 11.8 Å². The Bertz CT molecular complexity index is 373. The summed E-state index contributed by atoms with van der Waals surface area (Å²) in [4.78, 5) is 11.8. The van der Waals surface area contributed by atoms with E-state index in [1.54, 1.807) is 11.8 Å². The Morgan fingerprint density at radius 3 is 2.50 bits per heavy atom. The molecule has 0 aliphatic rings. The Labute approximate surface area is 113 Å². The number of rotatable bonds is 6. The zero-order valence-corrected chi connectivity index (χ0v) is 12.0. The number of nitrogens with two attached hydrogens (primary N) is 1. The van der Waals surface area contributed by atoms with Crippen molar-refractivity contribution < 1.29 is 9.53 Å². The molecule has 1 aromatic carbocycles. The van der Waals surface area contributed by atoms with E-state index in [4.69, 9.17) is 10.5 Å². The quantitative estimate of drug-likeness (QED) is 0.804. The van der Waals surface area contributed by atoms with Gasteiger partial charge in [0.05, 0.1) is 13.0 Å². The van der Waals surface area contributed by atoms with E-state index in [1.807, 2.05) is 44.2 Å². The molecule has 1 aromatic rings. The van der Waals surface area contributed by atoms with Gasteiger partial charge in [-0.15, -0.1) is 0 Å². The number of hydrogen-bond donors (Lipinski definition) is 1. The van der Waals surface area contributed by atoms with Crippen molar-refractivity contribution in [1.82, 2.24) is 0 Å². The smallest absolute Gasteiger partial charge is 0.313 e. The van der Waals surface area contributed by atoms with Gasteiger partial charge in [0.2, 0.25) is 0 Å². The molecular weight excluding hydrogens is 246 g/mol. The Kier molecular flexibility index (Phi) is 5.69. The molecule has 0 aromatic heterocycles. The second-order valence-corrected chi connectivity index (χ2v) is 6.02. The van der Waals surface area contributed by atoms with E-state index in [-0.39, 0.29) is 17.4 Å². The largest absolute Gasteiger partial charge is 0.469 e. The Balaban J connectivity index is 2.66. The van der Waals surface area contributed by atoms with Gasteiger partial charge in [0.15, 0.2) is 0 Å². The highest BCUT2D eigenvalue weighted by molar-refractivity contribution is 7.99. The summed E-state index contributed by atoms with van der Waals surface area (Å²) in [6.45, 7) is 3.96. The van der Waals surface area contributed by atoms with E-state index in [9.17, 15) is 4.79 Å². The highest BCUT2D eigenvalue weighted by Gasteiger charge is 2.22. The summed E-state index contributed by atoms with van der Waals surface area (Å²) in [5, 5.41) is 0. The molecule has 0 saturated carbocycles. The lowest BCUT2D eigenvalue weighted by molar-refractivity contribution is -0.141. The highest BCUT2D eigenvalue weighted by atomic mass is 32.2. The fourth-order valence-corrected chi connectivity index (χ4v) is 2.78. The van der Waals surface area contributed by atoms with Crippen LogP contribution in [0.2, 0.25) is 0 Å². The fraction of sp³-hybridized carbons (Fsp3) is 0.500. The van der Waals surface area contributed by atoms with Gasteiger partial charge < -0.3 is 10.5 Å². The third-order valence-electron chi connectivity index (χ3n) is 2.45. The predicted octanol–water partition coefficient (Wildman–Crippen LogP) is 2.41. The molecule has 1 unspecified atom stereocenters. The van der Waals surface area contributed by atoms with E-state index < -0.39 is 0 Å². The third-order valence-corrected chi connectivity index (χ3v) is 3.96. The van der Waals surface area contributed by atoms with Gasteiger partial charge in [0, 0.05) is 17.0 Å². The third kappa shape index (κ3) is 5.10. The van der Waals surface area contributed by atoms with Crippen LogP contribution in [0.1, 0.15) is 25.3 Å². The standard InChI is InChI=1S/C14H21NO2S/c1-14(2,15)10-18-9-12(13(16)17-3)11-7-5-4-6-8-11/h4-8,12H,9-10,15H2,1-3H3. The zero-order chi connectivity index (χ0) is 13.6. The second kappa shape index (κ2) is 6.81. The highest BCUT2D eigenvalue weighted by Crippen LogP contribution is 2.23. The molecule has 18 heavy (non-hydrogen) atoms. The summed E-state index contributed by atoms with van der Waals surface area (Å²) in [6.07, 6.45) is 0. The Hall–Kier alpha value is -1.00. The van der Waals surface area contributed by atoms with Crippen LogP contribution in [0.5, 0.6) is 0 Å². The van der Waals surface area contributed by atoms with E-state index in [0.717, 1.165) is 11.3 Å². The van der Waals surface area contributed by atoms with Gasteiger partial charge in [-0.25, -0.2) is 0 Å². The maximum absolute atomic E-state index is 11.8. The van der Waals surface area contributed by atoms with Crippen LogP contribution in [0.15, 0.2) is 30.3 Å². The van der Waals surface area contributed by atoms with Crippen LogP contribution < -0.4 is 5.73 Å². The van der Waals surface area contributed by atoms with Crippen LogP contribution in [-0.4, -0.2) is 30.1 Å². The lowest BCUT2D eigenvalue weighted by Crippen LogP contribution is -2.35. The van der Waals surface area contributed by atoms with Crippen molar-refractivity contribution in [2.24, 2.45) is 5.73 Å². The van der Waals surface area contributed by atoms with Gasteiger partial charge in [-0.1, -0.05) is 30.3 Å². The summed E-state index contributed by atoms with van der Waals surface area (Å²) in [5.41, 5.74) is 6.70. The molecule has 1 atom stereocenters. The number of esters is 1. The second-order valence-electron chi connectivity index (χ2n) is 4.99. The molecule has 4 heteroatoms. The van der Waals surface area contributed by atoms with E-state index in [0.29, 0.717) is 5.75 Å². The first kappa shape index (κ1) is 15.1. The van der Waals surface area contributed by atoms with Gasteiger partial charge in [-0.2, -0.15) is 11.8 Å². The van der Waals surface area contributed by atoms with Gasteiger partial charge in [0.25, 0.3) is 0 Å². The molecule has 2 N–H and O–H groups in total. The molecule has 0 radical (unpaired) electrons. The number of thioether (sulfide) groups is 1. The van der Waals surface area contributed by atoms with Gasteiger partial charge in [0.1, 0.15) is 0 Å². The van der Waals surface area contributed by atoms with Crippen molar-refractivity contribution >= 4 is 17.7 Å². The van der Waals surface area contributed by atoms with E-state index >= 15 is 0 Å². The molecule has 100 valence electrons. The molecule has 1 rings (SSSR count). The number of ether oxygens (including phenoxy) is 1. The number of hydrogen-bond acceptors (Lipinski definition) is 4. The van der Waals surface area contributed by atoms with E-state index in [2.05, 4.69) is 0 Å². The zero-order valence-electron chi connectivity index (χ0n) is 11.2. The van der Waals surface area contributed by atoms with Crippen LogP contribution in [0.3, 0.4) is 0 Å². The van der Waals surface area contributed by atoms with E-state index in [1.165, 1.54) is 7.11 Å². The molecule has 0 spiro atoms. The van der Waals surface area contributed by atoms with Crippen LogP contribution in [-0.2, 0) is 9.53 Å². The Morgan fingerprint density at radius 1 is 1.39 bits per heavy atom. The molecule has 0 bridgehead atoms. The van der Waals surface area contributed by atoms with Gasteiger partial charge >= 0.3 is 5.97 Å². The van der Waals surface area contributed by atoms with Crippen LogP contribution in [0.25, 0.3) is 0 Å². The van der Waals surface area contributed by atoms with Crippen LogP contribution in [0.4, 0.5) is 0 Å². The molecule has 0 aliphatic carbocycles.